The molecule has 0 aromatic heterocycles. The number of carbonyl (C=O) groups is 1. The Kier molecular flexibility index (Phi) is 3.97. The first-order valence-corrected chi connectivity index (χ1v) is 6.07. The minimum atomic E-state index is -0.610. The van der Waals surface area contributed by atoms with Gasteiger partial charge >= 0.3 is 0 Å². The monoisotopic (exact) mass is 279 g/mol. The Morgan fingerprint density at radius 1 is 1.10 bits per heavy atom. The van der Waals surface area contributed by atoms with Gasteiger partial charge in [-0.25, -0.2) is 4.39 Å². The number of amides is 1. The summed E-state index contributed by atoms with van der Waals surface area (Å²) in [6.07, 6.45) is 0. The van der Waals surface area contributed by atoms with E-state index in [0.717, 1.165) is 0 Å². The third-order valence-corrected chi connectivity index (χ3v) is 2.89. The van der Waals surface area contributed by atoms with Gasteiger partial charge in [0.05, 0.1) is 16.7 Å². The van der Waals surface area contributed by atoms with Crippen molar-refractivity contribution in [3.63, 3.8) is 0 Å². The van der Waals surface area contributed by atoms with Crippen LogP contribution >= 0.6 is 0 Å². The fourth-order valence-corrected chi connectivity index (χ4v) is 1.81. The summed E-state index contributed by atoms with van der Waals surface area (Å²) in [6.45, 7) is 1.73. The second-order valence-corrected chi connectivity index (χ2v) is 4.42. The van der Waals surface area contributed by atoms with Crippen LogP contribution in [0.4, 0.5) is 10.1 Å². The average molecular weight is 279 g/mol. The molecule has 0 saturated heterocycles. The van der Waals surface area contributed by atoms with Crippen LogP contribution in [0, 0.1) is 35.4 Å². The van der Waals surface area contributed by atoms with Crippen molar-refractivity contribution >= 4 is 11.6 Å². The van der Waals surface area contributed by atoms with Gasteiger partial charge in [-0.2, -0.15) is 10.5 Å². The Bertz CT molecular complexity index is 800. The molecule has 0 bridgehead atoms. The van der Waals surface area contributed by atoms with Crippen molar-refractivity contribution in [3.05, 3.63) is 64.5 Å². The van der Waals surface area contributed by atoms with E-state index in [1.165, 1.54) is 30.3 Å². The number of benzene rings is 2. The Hall–Kier alpha value is -3.18. The molecule has 0 aliphatic carbocycles. The zero-order valence-electron chi connectivity index (χ0n) is 11.1. The Labute approximate surface area is 121 Å². The molecule has 0 fully saturated rings. The Morgan fingerprint density at radius 3 is 2.43 bits per heavy atom. The van der Waals surface area contributed by atoms with E-state index < -0.39 is 11.7 Å². The molecule has 0 atom stereocenters. The van der Waals surface area contributed by atoms with E-state index in [1.54, 1.807) is 13.0 Å². The van der Waals surface area contributed by atoms with E-state index >= 15 is 0 Å². The molecule has 0 radical (unpaired) electrons. The van der Waals surface area contributed by atoms with Crippen LogP contribution in [-0.2, 0) is 0 Å². The van der Waals surface area contributed by atoms with Crippen LogP contribution in [0.25, 0.3) is 0 Å². The van der Waals surface area contributed by atoms with Crippen LogP contribution in [0.5, 0.6) is 0 Å². The molecule has 0 heterocycles. The number of rotatable bonds is 2. The molecule has 102 valence electrons. The quantitative estimate of drug-likeness (QED) is 0.917. The molecule has 1 N–H and O–H groups in total. The van der Waals surface area contributed by atoms with Gasteiger partial charge in [-0.3, -0.25) is 4.79 Å². The summed E-state index contributed by atoms with van der Waals surface area (Å²) in [5, 5.41) is 20.3. The first-order valence-electron chi connectivity index (χ1n) is 6.07. The van der Waals surface area contributed by atoms with Gasteiger partial charge in [0.2, 0.25) is 0 Å². The molecule has 5 heteroatoms. The highest BCUT2D eigenvalue weighted by atomic mass is 19.1. The molecule has 0 aliphatic rings. The van der Waals surface area contributed by atoms with Crippen molar-refractivity contribution in [1.82, 2.24) is 0 Å². The fraction of sp³-hybridized carbons (Fsp3) is 0.0625. The number of hydrogen-bond donors (Lipinski definition) is 1. The predicted molar refractivity (Wildman–Crippen MR) is 75.0 cm³/mol. The standard InChI is InChI=1S/C16H10FN3O/c1-10-2-5-14(15(17)6-10)16(21)20-13-4-3-11(8-18)12(7-13)9-19/h2-7H,1H3,(H,20,21). The van der Waals surface area contributed by atoms with Crippen LogP contribution < -0.4 is 5.32 Å². The van der Waals surface area contributed by atoms with Crippen molar-refractivity contribution in [2.24, 2.45) is 0 Å². The van der Waals surface area contributed by atoms with E-state index in [0.29, 0.717) is 11.3 Å². The SMILES string of the molecule is Cc1ccc(C(=O)Nc2ccc(C#N)c(C#N)c2)c(F)c1. The van der Waals surface area contributed by atoms with Gasteiger partial charge in [-0.1, -0.05) is 6.07 Å². The molecule has 0 spiro atoms. The minimum absolute atomic E-state index is 0.0801. The maximum Gasteiger partial charge on any atom is 0.258 e. The van der Waals surface area contributed by atoms with Gasteiger partial charge in [0, 0.05) is 5.69 Å². The molecular formula is C16H10FN3O. The molecular weight excluding hydrogens is 269 g/mol. The topological polar surface area (TPSA) is 76.7 Å². The number of anilines is 1. The number of hydrogen-bond acceptors (Lipinski definition) is 3. The third kappa shape index (κ3) is 3.05. The van der Waals surface area contributed by atoms with Gasteiger partial charge < -0.3 is 5.32 Å². The van der Waals surface area contributed by atoms with Gasteiger partial charge in [0.15, 0.2) is 0 Å². The smallest absolute Gasteiger partial charge is 0.258 e. The zero-order valence-corrected chi connectivity index (χ0v) is 11.1. The number of nitrogens with zero attached hydrogens (tertiary/aromatic N) is 2. The van der Waals surface area contributed by atoms with Crippen molar-refractivity contribution in [2.75, 3.05) is 5.32 Å². The molecule has 2 aromatic carbocycles. The summed E-state index contributed by atoms with van der Waals surface area (Å²) in [4.78, 5) is 12.0. The molecule has 21 heavy (non-hydrogen) atoms. The first-order chi connectivity index (χ1) is 10.0. The molecule has 0 aliphatic heterocycles. The highest BCUT2D eigenvalue weighted by Crippen LogP contribution is 2.17. The van der Waals surface area contributed by atoms with E-state index in [-0.39, 0.29) is 16.7 Å². The number of nitriles is 2. The Balaban J connectivity index is 2.28. The molecule has 1 amide bonds. The van der Waals surface area contributed by atoms with Crippen LogP contribution in [0.3, 0.4) is 0 Å². The van der Waals surface area contributed by atoms with Crippen LogP contribution in [0.2, 0.25) is 0 Å². The lowest BCUT2D eigenvalue weighted by atomic mass is 10.1. The fourth-order valence-electron chi connectivity index (χ4n) is 1.81. The highest BCUT2D eigenvalue weighted by molar-refractivity contribution is 6.04. The summed E-state index contributed by atoms with van der Waals surface area (Å²) in [5.41, 5.74) is 1.34. The number of halogens is 1. The molecule has 4 nitrogen and oxygen atoms in total. The summed E-state index contributed by atoms with van der Waals surface area (Å²) in [7, 11) is 0. The largest absolute Gasteiger partial charge is 0.322 e. The summed E-state index contributed by atoms with van der Waals surface area (Å²) in [6, 6.07) is 12.4. The first kappa shape index (κ1) is 14.2. The highest BCUT2D eigenvalue weighted by Gasteiger charge is 2.12. The lowest BCUT2D eigenvalue weighted by Gasteiger charge is -2.07. The Morgan fingerprint density at radius 2 is 1.81 bits per heavy atom. The summed E-state index contributed by atoms with van der Waals surface area (Å²) in [5.74, 6) is -1.22. The van der Waals surface area contributed by atoms with E-state index in [1.807, 2.05) is 12.1 Å². The normalized spacial score (nSPS) is 9.52. The number of aryl methyl sites for hydroxylation is 1. The minimum Gasteiger partial charge on any atom is -0.322 e. The summed E-state index contributed by atoms with van der Waals surface area (Å²) >= 11 is 0. The second kappa shape index (κ2) is 5.85. The maximum atomic E-state index is 13.7. The van der Waals surface area contributed by atoms with Crippen LogP contribution in [0.15, 0.2) is 36.4 Å². The van der Waals surface area contributed by atoms with Gasteiger partial charge in [-0.05, 0) is 42.8 Å². The number of carbonyl (C=O) groups excluding carboxylic acids is 1. The molecule has 2 aromatic rings. The molecule has 0 unspecified atom stereocenters. The second-order valence-electron chi connectivity index (χ2n) is 4.42. The van der Waals surface area contributed by atoms with Gasteiger partial charge in [0.25, 0.3) is 5.91 Å². The van der Waals surface area contributed by atoms with Crippen molar-refractivity contribution in [3.8, 4) is 12.1 Å². The van der Waals surface area contributed by atoms with E-state index in [2.05, 4.69) is 5.32 Å². The third-order valence-electron chi connectivity index (χ3n) is 2.89. The van der Waals surface area contributed by atoms with Gasteiger partial charge in [0.1, 0.15) is 18.0 Å². The van der Waals surface area contributed by atoms with Crippen LogP contribution in [-0.4, -0.2) is 5.91 Å². The van der Waals surface area contributed by atoms with Gasteiger partial charge in [-0.15, -0.1) is 0 Å². The molecule has 0 saturated carbocycles. The number of nitrogens with one attached hydrogen (secondary N) is 1. The zero-order chi connectivity index (χ0) is 15.4. The van der Waals surface area contributed by atoms with E-state index in [9.17, 15) is 9.18 Å². The predicted octanol–water partition coefficient (Wildman–Crippen LogP) is 3.13. The average Bonchev–Trinajstić information content (AvgIpc) is 2.46. The van der Waals surface area contributed by atoms with Crippen molar-refractivity contribution in [2.45, 2.75) is 6.92 Å². The van der Waals surface area contributed by atoms with Crippen molar-refractivity contribution in [1.29, 1.82) is 10.5 Å². The van der Waals surface area contributed by atoms with Crippen molar-refractivity contribution < 1.29 is 9.18 Å². The molecule has 2 rings (SSSR count). The van der Waals surface area contributed by atoms with Crippen LogP contribution in [0.1, 0.15) is 27.0 Å². The van der Waals surface area contributed by atoms with E-state index in [4.69, 9.17) is 10.5 Å². The summed E-state index contributed by atoms with van der Waals surface area (Å²) < 4.78 is 13.7. The maximum absolute atomic E-state index is 13.7. The lowest BCUT2D eigenvalue weighted by molar-refractivity contribution is 0.102. The lowest BCUT2D eigenvalue weighted by Crippen LogP contribution is -2.14.